The van der Waals surface area contributed by atoms with Crippen molar-refractivity contribution in [3.63, 3.8) is 0 Å². The third-order valence-electron chi connectivity index (χ3n) is 3.84. The Bertz CT molecular complexity index is 940. The lowest BCUT2D eigenvalue weighted by Gasteiger charge is -2.19. The number of amides is 2. The monoisotopic (exact) mass is 370 g/mol. The van der Waals surface area contributed by atoms with Crippen molar-refractivity contribution in [2.24, 2.45) is 10.7 Å². The van der Waals surface area contributed by atoms with Crippen LogP contribution >= 0.6 is 11.8 Å². The normalized spacial score (nSPS) is 12.8. The molecule has 0 fully saturated rings. The number of methoxy groups -OCH3 is 1. The Hall–Kier alpha value is -2.87. The van der Waals surface area contributed by atoms with Crippen LogP contribution in [0, 0.1) is 6.92 Å². The minimum absolute atomic E-state index is 0.205. The second-order valence-corrected chi connectivity index (χ2v) is 6.80. The summed E-state index contributed by atoms with van der Waals surface area (Å²) in [4.78, 5) is 34.0. The molecular weight excluding hydrogens is 352 g/mol. The maximum absolute atomic E-state index is 13.0. The maximum Gasteiger partial charge on any atom is 0.260 e. The van der Waals surface area contributed by atoms with E-state index in [1.165, 1.54) is 31.1 Å². The van der Waals surface area contributed by atoms with E-state index >= 15 is 0 Å². The molecule has 0 aliphatic carbocycles. The fourth-order valence-electron chi connectivity index (χ4n) is 2.64. The lowest BCUT2D eigenvalue weighted by molar-refractivity contribution is 0.100. The Morgan fingerprint density at radius 3 is 2.77 bits per heavy atom. The Kier molecular flexibility index (Phi) is 4.94. The highest BCUT2D eigenvalue weighted by Crippen LogP contribution is 2.41. The van der Waals surface area contributed by atoms with Gasteiger partial charge >= 0.3 is 0 Å². The van der Waals surface area contributed by atoms with Crippen molar-refractivity contribution >= 4 is 40.7 Å². The number of thioether (sulfide) groups is 1. The van der Waals surface area contributed by atoms with E-state index in [1.807, 2.05) is 13.0 Å². The van der Waals surface area contributed by atoms with Crippen molar-refractivity contribution in [2.45, 2.75) is 18.7 Å². The molecule has 0 spiro atoms. The van der Waals surface area contributed by atoms with Crippen molar-refractivity contribution < 1.29 is 14.3 Å². The molecule has 1 aliphatic rings. The standard InChI is InChI=1S/C18H18N4O3S/c1-9-6-11(17(19)23)13(7-20-9)22-18(24)15-14(25-3)5-4-12-16(15)26-8-10(2)21-12/h4-7H,8H2,1-3H3,(H2,19,23)(H,22,24). The largest absolute Gasteiger partial charge is 0.496 e. The number of aliphatic imine (C=N–C) groups is 1. The molecule has 3 N–H and O–H groups in total. The second-order valence-electron chi connectivity index (χ2n) is 5.82. The second kappa shape index (κ2) is 7.17. The quantitative estimate of drug-likeness (QED) is 0.860. The molecule has 0 unspecified atom stereocenters. The topological polar surface area (TPSA) is 107 Å². The number of pyridine rings is 1. The minimum atomic E-state index is -0.637. The number of fused-ring (bicyclic) bond motifs is 1. The van der Waals surface area contributed by atoms with Gasteiger partial charge in [0.05, 0.1) is 35.8 Å². The number of nitrogens with one attached hydrogen (secondary N) is 1. The molecule has 7 nitrogen and oxygen atoms in total. The Morgan fingerprint density at radius 2 is 2.08 bits per heavy atom. The Labute approximate surface area is 155 Å². The van der Waals surface area contributed by atoms with Gasteiger partial charge in [0, 0.05) is 22.1 Å². The van der Waals surface area contributed by atoms with Crippen LogP contribution in [0.3, 0.4) is 0 Å². The molecule has 2 aromatic rings. The van der Waals surface area contributed by atoms with Crippen LogP contribution in [0.1, 0.15) is 33.3 Å². The van der Waals surface area contributed by atoms with Crippen LogP contribution in [0.5, 0.6) is 5.75 Å². The molecule has 0 atom stereocenters. The summed E-state index contributed by atoms with van der Waals surface area (Å²) in [6.07, 6.45) is 1.42. The van der Waals surface area contributed by atoms with Gasteiger partial charge < -0.3 is 15.8 Å². The summed E-state index contributed by atoms with van der Waals surface area (Å²) >= 11 is 1.53. The third kappa shape index (κ3) is 3.41. The zero-order valence-corrected chi connectivity index (χ0v) is 15.4. The van der Waals surface area contributed by atoms with E-state index in [1.54, 1.807) is 13.0 Å². The number of carbonyl (C=O) groups excluding carboxylic acids is 2. The highest BCUT2D eigenvalue weighted by Gasteiger charge is 2.24. The number of nitrogens with zero attached hydrogens (tertiary/aromatic N) is 2. The van der Waals surface area contributed by atoms with Crippen molar-refractivity contribution in [1.29, 1.82) is 0 Å². The Balaban J connectivity index is 2.04. The average molecular weight is 370 g/mol. The smallest absolute Gasteiger partial charge is 0.260 e. The summed E-state index contributed by atoms with van der Waals surface area (Å²) in [5.74, 6) is 0.0831. The molecule has 3 rings (SSSR count). The zero-order valence-electron chi connectivity index (χ0n) is 14.6. The molecular formula is C18H18N4O3S. The molecule has 2 heterocycles. The molecule has 0 bridgehead atoms. The van der Waals surface area contributed by atoms with E-state index in [-0.39, 0.29) is 11.3 Å². The summed E-state index contributed by atoms with van der Waals surface area (Å²) in [6.45, 7) is 3.68. The summed E-state index contributed by atoms with van der Waals surface area (Å²) < 4.78 is 5.36. The van der Waals surface area contributed by atoms with Crippen molar-refractivity contribution in [1.82, 2.24) is 4.98 Å². The highest BCUT2D eigenvalue weighted by molar-refractivity contribution is 8.00. The van der Waals surface area contributed by atoms with Crippen LogP contribution in [0.4, 0.5) is 11.4 Å². The van der Waals surface area contributed by atoms with Gasteiger partial charge in [0.2, 0.25) is 0 Å². The number of rotatable bonds is 4. The van der Waals surface area contributed by atoms with E-state index < -0.39 is 11.8 Å². The molecule has 26 heavy (non-hydrogen) atoms. The average Bonchev–Trinajstić information content (AvgIpc) is 2.61. The van der Waals surface area contributed by atoms with Gasteiger partial charge in [0.25, 0.3) is 11.8 Å². The predicted molar refractivity (Wildman–Crippen MR) is 102 cm³/mol. The molecule has 1 aromatic carbocycles. The van der Waals surface area contributed by atoms with Gasteiger partial charge in [-0.25, -0.2) is 0 Å². The number of aryl methyl sites for hydroxylation is 1. The van der Waals surface area contributed by atoms with Gasteiger partial charge in [-0.1, -0.05) is 0 Å². The predicted octanol–water partition coefficient (Wildman–Crippen LogP) is 2.95. The molecule has 0 radical (unpaired) electrons. The van der Waals surface area contributed by atoms with Gasteiger partial charge in [-0.2, -0.15) is 0 Å². The fraction of sp³-hybridized carbons (Fsp3) is 0.222. The minimum Gasteiger partial charge on any atom is -0.496 e. The van der Waals surface area contributed by atoms with Crippen molar-refractivity contribution in [3.05, 3.63) is 41.2 Å². The van der Waals surface area contributed by atoms with Crippen LogP contribution in [0.2, 0.25) is 0 Å². The summed E-state index contributed by atoms with van der Waals surface area (Å²) in [5.41, 5.74) is 8.59. The number of nitrogens with two attached hydrogens (primary N) is 1. The number of aromatic nitrogens is 1. The number of carbonyl (C=O) groups is 2. The third-order valence-corrected chi connectivity index (χ3v) is 5.10. The van der Waals surface area contributed by atoms with Crippen LogP contribution in [0.25, 0.3) is 0 Å². The molecule has 1 aromatic heterocycles. The molecule has 0 saturated carbocycles. The molecule has 134 valence electrons. The lowest BCUT2D eigenvalue weighted by atomic mass is 10.1. The van der Waals surface area contributed by atoms with Crippen LogP contribution in [0.15, 0.2) is 34.3 Å². The van der Waals surface area contributed by atoms with Gasteiger partial charge in [0.1, 0.15) is 5.75 Å². The number of benzene rings is 1. The first kappa shape index (κ1) is 17.9. The Morgan fingerprint density at radius 1 is 1.31 bits per heavy atom. The van der Waals surface area contributed by atoms with Gasteiger partial charge in [-0.3, -0.25) is 19.6 Å². The van der Waals surface area contributed by atoms with Crippen LogP contribution in [-0.2, 0) is 0 Å². The lowest BCUT2D eigenvalue weighted by Crippen LogP contribution is -2.20. The summed E-state index contributed by atoms with van der Waals surface area (Å²) in [6, 6.07) is 5.07. The highest BCUT2D eigenvalue weighted by atomic mass is 32.2. The first-order chi connectivity index (χ1) is 12.4. The SMILES string of the molecule is COc1ccc2c(c1C(=O)Nc1cnc(C)cc1C(N)=O)SCC(C)=N2. The number of hydrogen-bond donors (Lipinski definition) is 2. The number of ether oxygens (including phenoxy) is 1. The fourth-order valence-corrected chi connectivity index (χ4v) is 3.65. The van der Waals surface area contributed by atoms with Gasteiger partial charge in [-0.05, 0) is 32.0 Å². The van der Waals surface area contributed by atoms with Gasteiger partial charge in [-0.15, -0.1) is 11.8 Å². The molecule has 8 heteroatoms. The first-order valence-electron chi connectivity index (χ1n) is 7.86. The van der Waals surface area contributed by atoms with E-state index in [9.17, 15) is 9.59 Å². The van der Waals surface area contributed by atoms with E-state index in [0.717, 1.165) is 16.3 Å². The summed E-state index contributed by atoms with van der Waals surface area (Å²) in [7, 11) is 1.50. The number of hydrogen-bond acceptors (Lipinski definition) is 6. The van der Waals surface area contributed by atoms with Crippen molar-refractivity contribution in [3.8, 4) is 5.75 Å². The maximum atomic E-state index is 13.0. The van der Waals surface area contributed by atoms with Crippen LogP contribution in [-0.4, -0.2) is 35.4 Å². The van der Waals surface area contributed by atoms with E-state index in [0.29, 0.717) is 22.8 Å². The molecule has 1 aliphatic heterocycles. The van der Waals surface area contributed by atoms with Gasteiger partial charge in [0.15, 0.2) is 0 Å². The number of anilines is 1. The molecule has 0 saturated heterocycles. The van der Waals surface area contributed by atoms with E-state index in [2.05, 4.69) is 15.3 Å². The van der Waals surface area contributed by atoms with Crippen molar-refractivity contribution in [2.75, 3.05) is 18.2 Å². The molecule has 2 amide bonds. The zero-order chi connectivity index (χ0) is 18.8. The first-order valence-corrected chi connectivity index (χ1v) is 8.85. The number of primary amides is 1. The van der Waals surface area contributed by atoms with E-state index in [4.69, 9.17) is 10.5 Å². The van der Waals surface area contributed by atoms with Crippen LogP contribution < -0.4 is 15.8 Å². The summed E-state index contributed by atoms with van der Waals surface area (Å²) in [5, 5.41) is 2.73.